The number of hydrogen-bond donors (Lipinski definition) is 1. The van der Waals surface area contributed by atoms with Gasteiger partial charge in [-0.3, -0.25) is 19.4 Å². The van der Waals surface area contributed by atoms with Gasteiger partial charge >= 0.3 is 0 Å². The molecule has 1 aromatic heterocycles. The van der Waals surface area contributed by atoms with Crippen LogP contribution in [0, 0.1) is 0 Å². The highest BCUT2D eigenvalue weighted by Crippen LogP contribution is 2.12. The van der Waals surface area contributed by atoms with Gasteiger partial charge in [-0.25, -0.2) is 0 Å². The molecule has 3 rings (SSSR count). The molecule has 7 nitrogen and oxygen atoms in total. The van der Waals surface area contributed by atoms with Crippen LogP contribution in [0.25, 0.3) is 0 Å². The van der Waals surface area contributed by atoms with Gasteiger partial charge < -0.3 is 15.1 Å². The molecule has 1 saturated heterocycles. The highest BCUT2D eigenvalue weighted by Gasteiger charge is 2.25. The number of rotatable bonds is 4. The molecule has 2 aromatic rings. The molecule has 0 saturated carbocycles. The first-order valence-corrected chi connectivity index (χ1v) is 9.35. The number of benzene rings is 1. The summed E-state index contributed by atoms with van der Waals surface area (Å²) in [5.74, 6) is -0.318. The lowest BCUT2D eigenvalue weighted by Crippen LogP contribution is -2.50. The Balaban J connectivity index is 1.58. The lowest BCUT2D eigenvalue weighted by atomic mass is 10.1. The zero-order valence-electron chi connectivity index (χ0n) is 16.1. The Morgan fingerprint density at radius 2 is 1.39 bits per heavy atom. The molecule has 1 aliphatic heterocycles. The van der Waals surface area contributed by atoms with Crippen LogP contribution in [0.5, 0.6) is 0 Å². The number of piperazine rings is 1. The average Bonchev–Trinajstić information content (AvgIpc) is 2.73. The molecule has 0 aliphatic carbocycles. The van der Waals surface area contributed by atoms with E-state index in [4.69, 9.17) is 0 Å². The second kappa shape index (κ2) is 8.65. The maximum atomic E-state index is 12.7. The zero-order valence-corrected chi connectivity index (χ0v) is 16.1. The van der Waals surface area contributed by atoms with Gasteiger partial charge in [-0.05, 0) is 50.2 Å². The Morgan fingerprint density at radius 1 is 0.857 bits per heavy atom. The van der Waals surface area contributed by atoms with E-state index in [9.17, 15) is 14.4 Å². The minimum atomic E-state index is -0.156. The summed E-state index contributed by atoms with van der Waals surface area (Å²) in [6.45, 7) is 5.70. The fraction of sp³-hybridized carbons (Fsp3) is 0.333. The van der Waals surface area contributed by atoms with Crippen molar-refractivity contribution in [3.8, 4) is 0 Å². The third kappa shape index (κ3) is 4.54. The van der Waals surface area contributed by atoms with Crippen LogP contribution in [0.15, 0.2) is 48.8 Å². The van der Waals surface area contributed by atoms with Crippen LogP contribution >= 0.6 is 0 Å². The zero-order chi connectivity index (χ0) is 20.1. The van der Waals surface area contributed by atoms with Crippen LogP contribution in [-0.4, -0.2) is 64.7 Å². The minimum absolute atomic E-state index is 0.0551. The first-order chi connectivity index (χ1) is 13.5. The molecule has 0 radical (unpaired) electrons. The molecular weight excluding hydrogens is 356 g/mol. The van der Waals surface area contributed by atoms with Gasteiger partial charge in [0.2, 0.25) is 0 Å². The number of carbonyl (C=O) groups excluding carboxylic acids is 3. The fourth-order valence-electron chi connectivity index (χ4n) is 3.08. The predicted molar refractivity (Wildman–Crippen MR) is 105 cm³/mol. The molecule has 146 valence electrons. The summed E-state index contributed by atoms with van der Waals surface area (Å²) in [7, 11) is 0. The summed E-state index contributed by atoms with van der Waals surface area (Å²) in [6, 6.07) is 10.2. The van der Waals surface area contributed by atoms with Crippen LogP contribution in [0.1, 0.15) is 44.9 Å². The number of pyridine rings is 1. The van der Waals surface area contributed by atoms with E-state index in [2.05, 4.69) is 10.3 Å². The van der Waals surface area contributed by atoms with Crippen LogP contribution in [0.3, 0.4) is 0 Å². The molecule has 0 spiro atoms. The lowest BCUT2D eigenvalue weighted by Gasteiger charge is -2.34. The predicted octanol–water partition coefficient (Wildman–Crippen LogP) is 1.82. The van der Waals surface area contributed by atoms with E-state index in [1.807, 2.05) is 13.8 Å². The van der Waals surface area contributed by atoms with Crippen LogP contribution in [0.2, 0.25) is 0 Å². The minimum Gasteiger partial charge on any atom is -0.350 e. The van der Waals surface area contributed by atoms with Gasteiger partial charge in [-0.2, -0.15) is 0 Å². The van der Waals surface area contributed by atoms with E-state index in [1.165, 1.54) is 0 Å². The molecular formula is C21H24N4O3. The maximum Gasteiger partial charge on any atom is 0.255 e. The highest BCUT2D eigenvalue weighted by atomic mass is 16.2. The van der Waals surface area contributed by atoms with Gasteiger partial charge in [0, 0.05) is 55.7 Å². The van der Waals surface area contributed by atoms with Crippen molar-refractivity contribution in [1.82, 2.24) is 20.1 Å². The first-order valence-electron chi connectivity index (χ1n) is 9.35. The van der Waals surface area contributed by atoms with Crippen molar-refractivity contribution < 1.29 is 14.4 Å². The third-order valence-corrected chi connectivity index (χ3v) is 4.58. The Morgan fingerprint density at radius 3 is 1.89 bits per heavy atom. The quantitative estimate of drug-likeness (QED) is 0.877. The largest absolute Gasteiger partial charge is 0.350 e. The summed E-state index contributed by atoms with van der Waals surface area (Å²) in [5.41, 5.74) is 1.61. The van der Waals surface area contributed by atoms with Gasteiger partial charge in [-0.15, -0.1) is 0 Å². The van der Waals surface area contributed by atoms with Crippen molar-refractivity contribution in [3.63, 3.8) is 0 Å². The average molecular weight is 380 g/mol. The van der Waals surface area contributed by atoms with Crippen LogP contribution < -0.4 is 5.32 Å². The van der Waals surface area contributed by atoms with Crippen molar-refractivity contribution in [1.29, 1.82) is 0 Å². The Labute approximate surface area is 164 Å². The summed E-state index contributed by atoms with van der Waals surface area (Å²) in [4.78, 5) is 44.6. The second-order valence-electron chi connectivity index (χ2n) is 7.03. The maximum absolute atomic E-state index is 12.7. The summed E-state index contributed by atoms with van der Waals surface area (Å²) < 4.78 is 0. The Bertz CT molecular complexity index is 842. The molecule has 0 atom stereocenters. The van der Waals surface area contributed by atoms with E-state index >= 15 is 0 Å². The van der Waals surface area contributed by atoms with E-state index in [0.29, 0.717) is 42.9 Å². The molecule has 1 aliphatic rings. The van der Waals surface area contributed by atoms with Crippen molar-refractivity contribution in [2.45, 2.75) is 19.9 Å². The van der Waals surface area contributed by atoms with Gasteiger partial charge in [0.05, 0.1) is 5.56 Å². The number of hydrogen-bond acceptors (Lipinski definition) is 4. The SMILES string of the molecule is CC(C)NC(=O)c1ccc(C(=O)N2CCN(C(=O)c3cccnc3)CC2)cc1. The van der Waals surface area contributed by atoms with Crippen LogP contribution in [0.4, 0.5) is 0 Å². The van der Waals surface area contributed by atoms with Gasteiger partial charge in [0.1, 0.15) is 0 Å². The van der Waals surface area contributed by atoms with Crippen molar-refractivity contribution in [3.05, 3.63) is 65.5 Å². The molecule has 1 N–H and O–H groups in total. The van der Waals surface area contributed by atoms with Gasteiger partial charge in [-0.1, -0.05) is 0 Å². The van der Waals surface area contributed by atoms with E-state index < -0.39 is 0 Å². The number of nitrogens with zero attached hydrogens (tertiary/aromatic N) is 3. The molecule has 1 aromatic carbocycles. The van der Waals surface area contributed by atoms with Gasteiger partial charge in [0.25, 0.3) is 17.7 Å². The van der Waals surface area contributed by atoms with Gasteiger partial charge in [0.15, 0.2) is 0 Å². The molecule has 1 fully saturated rings. The Hall–Kier alpha value is -3.22. The molecule has 3 amide bonds. The molecule has 28 heavy (non-hydrogen) atoms. The number of nitrogens with one attached hydrogen (secondary N) is 1. The van der Waals surface area contributed by atoms with E-state index in [0.717, 1.165) is 0 Å². The normalized spacial score (nSPS) is 14.1. The third-order valence-electron chi connectivity index (χ3n) is 4.58. The van der Waals surface area contributed by atoms with E-state index in [1.54, 1.807) is 58.6 Å². The fourth-order valence-corrected chi connectivity index (χ4v) is 3.08. The number of carbonyl (C=O) groups is 3. The summed E-state index contributed by atoms with van der Waals surface area (Å²) in [5, 5.41) is 2.82. The van der Waals surface area contributed by atoms with E-state index in [-0.39, 0.29) is 23.8 Å². The van der Waals surface area contributed by atoms with Crippen molar-refractivity contribution >= 4 is 17.7 Å². The molecule has 0 bridgehead atoms. The number of aromatic nitrogens is 1. The standard InChI is InChI=1S/C21H24N4O3/c1-15(2)23-19(26)16-5-7-17(8-6-16)20(27)24-10-12-25(13-11-24)21(28)18-4-3-9-22-14-18/h3-9,14-15H,10-13H2,1-2H3,(H,23,26). The molecule has 2 heterocycles. The smallest absolute Gasteiger partial charge is 0.255 e. The van der Waals surface area contributed by atoms with Crippen molar-refractivity contribution in [2.24, 2.45) is 0 Å². The second-order valence-corrected chi connectivity index (χ2v) is 7.03. The molecule has 7 heteroatoms. The monoisotopic (exact) mass is 380 g/mol. The summed E-state index contributed by atoms with van der Waals surface area (Å²) in [6.07, 6.45) is 3.18. The van der Waals surface area contributed by atoms with Crippen molar-refractivity contribution in [2.75, 3.05) is 26.2 Å². The topological polar surface area (TPSA) is 82.6 Å². The molecule has 0 unspecified atom stereocenters. The first kappa shape index (κ1) is 19.5. The Kier molecular flexibility index (Phi) is 6.03. The number of amides is 3. The summed E-state index contributed by atoms with van der Waals surface area (Å²) >= 11 is 0. The highest BCUT2D eigenvalue weighted by molar-refractivity contribution is 5.98. The lowest BCUT2D eigenvalue weighted by molar-refractivity contribution is 0.0535. The van der Waals surface area contributed by atoms with Crippen LogP contribution in [-0.2, 0) is 0 Å².